The van der Waals surface area contributed by atoms with E-state index in [4.69, 9.17) is 19.1 Å². The van der Waals surface area contributed by atoms with E-state index in [1.807, 2.05) is 25.1 Å². The monoisotopic (exact) mass is 562 g/mol. The highest BCUT2D eigenvalue weighted by Gasteiger charge is 2.22. The lowest BCUT2D eigenvalue weighted by Crippen LogP contribution is -2.40. The van der Waals surface area contributed by atoms with E-state index in [1.165, 1.54) is 6.42 Å². The molecule has 1 aliphatic heterocycles. The molecule has 5 rings (SSSR count). The highest BCUT2D eigenvalue weighted by Crippen LogP contribution is 2.24. The molecule has 1 aromatic carbocycles. The first-order valence-corrected chi connectivity index (χ1v) is 14.9. The van der Waals surface area contributed by atoms with Gasteiger partial charge in [0.25, 0.3) is 0 Å². The number of rotatable bonds is 9. The number of likely N-dealkylation sites (tertiary alicyclic amines) is 1. The summed E-state index contributed by atoms with van der Waals surface area (Å²) >= 11 is 0. The van der Waals surface area contributed by atoms with Crippen LogP contribution in [-0.4, -0.2) is 75.2 Å². The number of carboxylic acid groups (broad SMARTS) is 1. The average Bonchev–Trinajstić information content (AvgIpc) is 3.46. The molecule has 1 saturated heterocycles. The van der Waals surface area contributed by atoms with Crippen molar-refractivity contribution < 1.29 is 27.3 Å². The minimum atomic E-state index is -3.97. The van der Waals surface area contributed by atoms with Crippen LogP contribution < -0.4 is 10.0 Å². The Hall–Kier alpha value is -3.00. The number of para-hydroxylation sites is 2. The summed E-state index contributed by atoms with van der Waals surface area (Å²) in [6.45, 7) is 4.82. The number of nitrogens with zero attached hydrogens (tertiary/aromatic N) is 4. The number of benzene rings is 1. The lowest BCUT2D eigenvalue weighted by Gasteiger charge is -2.32. The number of hydrogen-bond donors (Lipinski definition) is 4. The third-order valence-corrected chi connectivity index (χ3v) is 7.75. The minimum absolute atomic E-state index is 0.0428. The fourth-order valence-corrected chi connectivity index (χ4v) is 5.81. The van der Waals surface area contributed by atoms with E-state index in [-0.39, 0.29) is 12.5 Å². The van der Waals surface area contributed by atoms with Crippen molar-refractivity contribution in [1.29, 1.82) is 0 Å². The van der Waals surface area contributed by atoms with E-state index in [2.05, 4.69) is 30.6 Å². The van der Waals surface area contributed by atoms with Gasteiger partial charge in [-0.3, -0.25) is 9.35 Å². The number of carbonyl (C=O) groups is 1. The van der Waals surface area contributed by atoms with E-state index in [9.17, 15) is 13.2 Å². The number of hydrogen-bond acceptors (Lipinski definition) is 8. The van der Waals surface area contributed by atoms with Gasteiger partial charge < -0.3 is 24.3 Å². The Balaban J connectivity index is 0.000000270. The van der Waals surface area contributed by atoms with Crippen LogP contribution in [0.1, 0.15) is 63.0 Å². The minimum Gasteiger partial charge on any atom is -0.481 e. The number of oxazole rings is 1. The topological polar surface area (TPSA) is 163 Å². The molecule has 214 valence electrons. The third-order valence-electron chi connectivity index (χ3n) is 7.12. The Labute approximate surface area is 228 Å². The summed E-state index contributed by atoms with van der Waals surface area (Å²) in [7, 11) is -3.97. The SMILES string of the molecule is Cc1ncc(Cn2c(NC3CCN(CCC(=O)O)CC3)nc3ccccc32)o1.O=S(=O)(O)NC1CCCCC1. The van der Waals surface area contributed by atoms with Crippen LogP contribution in [0.3, 0.4) is 0 Å². The molecule has 1 aliphatic carbocycles. The van der Waals surface area contributed by atoms with Gasteiger partial charge in [0, 0.05) is 38.6 Å². The van der Waals surface area contributed by atoms with Crippen molar-refractivity contribution in [2.75, 3.05) is 25.0 Å². The van der Waals surface area contributed by atoms with Gasteiger partial charge in [-0.05, 0) is 37.8 Å². The largest absolute Gasteiger partial charge is 0.481 e. The van der Waals surface area contributed by atoms with Gasteiger partial charge >= 0.3 is 16.3 Å². The molecule has 12 nitrogen and oxygen atoms in total. The van der Waals surface area contributed by atoms with Crippen molar-refractivity contribution in [2.45, 2.75) is 76.9 Å². The second-order valence-electron chi connectivity index (χ2n) is 10.2. The number of carboxylic acids is 1. The van der Waals surface area contributed by atoms with Crippen LogP contribution >= 0.6 is 0 Å². The molecule has 3 aromatic rings. The summed E-state index contributed by atoms with van der Waals surface area (Å²) in [4.78, 5) is 22.0. The Morgan fingerprint density at radius 3 is 2.46 bits per heavy atom. The van der Waals surface area contributed by atoms with Crippen LogP contribution in [0.2, 0.25) is 0 Å². The van der Waals surface area contributed by atoms with E-state index in [0.717, 1.165) is 74.4 Å². The van der Waals surface area contributed by atoms with Crippen molar-refractivity contribution in [3.05, 3.63) is 42.1 Å². The van der Waals surface area contributed by atoms with Crippen LogP contribution in [0.4, 0.5) is 5.95 Å². The number of aryl methyl sites for hydroxylation is 1. The third kappa shape index (κ3) is 9.02. The second kappa shape index (κ2) is 13.4. The Morgan fingerprint density at radius 2 is 1.82 bits per heavy atom. The first-order valence-electron chi connectivity index (χ1n) is 13.5. The Bertz CT molecular complexity index is 1330. The smallest absolute Gasteiger partial charge is 0.333 e. The fraction of sp³-hybridized carbons (Fsp3) is 0.577. The molecule has 0 atom stereocenters. The van der Waals surface area contributed by atoms with Gasteiger partial charge in [-0.15, -0.1) is 0 Å². The highest BCUT2D eigenvalue weighted by atomic mass is 32.2. The van der Waals surface area contributed by atoms with Crippen molar-refractivity contribution >= 4 is 33.3 Å². The molecule has 1 saturated carbocycles. The quantitative estimate of drug-likeness (QED) is 0.284. The van der Waals surface area contributed by atoms with Crippen LogP contribution in [-0.2, 0) is 21.6 Å². The standard InChI is InChI=1S/C20H25N5O3.C6H13NO3S/c1-14-21-12-16(28-14)13-25-18-5-3-2-4-17(18)23-20(25)22-15-6-9-24(10-7-15)11-8-19(26)27;8-11(9,10)7-6-4-2-1-3-5-6/h2-5,12,15H,6-11,13H2,1H3,(H,22,23)(H,26,27);6-7H,1-5H2,(H,8,9,10). The molecule has 4 N–H and O–H groups in total. The zero-order valence-electron chi connectivity index (χ0n) is 22.3. The average molecular weight is 563 g/mol. The van der Waals surface area contributed by atoms with Gasteiger partial charge in [-0.1, -0.05) is 31.4 Å². The normalized spacial score (nSPS) is 17.6. The van der Waals surface area contributed by atoms with Crippen LogP contribution in [0, 0.1) is 6.92 Å². The number of aromatic nitrogens is 3. The van der Waals surface area contributed by atoms with E-state index < -0.39 is 16.3 Å². The van der Waals surface area contributed by atoms with Gasteiger partial charge in [0.15, 0.2) is 5.89 Å². The molecule has 13 heteroatoms. The summed E-state index contributed by atoms with van der Waals surface area (Å²) in [5, 5.41) is 12.4. The van der Waals surface area contributed by atoms with Crippen molar-refractivity contribution in [2.24, 2.45) is 0 Å². The van der Waals surface area contributed by atoms with Crippen molar-refractivity contribution in [3.8, 4) is 0 Å². The summed E-state index contributed by atoms with van der Waals surface area (Å²) in [6.07, 6.45) is 8.84. The number of nitrogens with one attached hydrogen (secondary N) is 2. The van der Waals surface area contributed by atoms with E-state index in [1.54, 1.807) is 6.20 Å². The van der Waals surface area contributed by atoms with Crippen LogP contribution in [0.5, 0.6) is 0 Å². The maximum Gasteiger partial charge on any atom is 0.333 e. The van der Waals surface area contributed by atoms with E-state index >= 15 is 0 Å². The number of imidazole rings is 1. The lowest BCUT2D eigenvalue weighted by atomic mass is 9.96. The molecular formula is C26H38N6O6S. The van der Waals surface area contributed by atoms with Crippen molar-refractivity contribution in [1.82, 2.24) is 24.2 Å². The molecule has 3 heterocycles. The molecule has 0 spiro atoms. The first-order chi connectivity index (χ1) is 18.7. The maximum absolute atomic E-state index is 10.8. The summed E-state index contributed by atoms with van der Waals surface area (Å²) < 4.78 is 39.1. The summed E-state index contributed by atoms with van der Waals surface area (Å²) in [5.74, 6) is 1.55. The molecular weight excluding hydrogens is 524 g/mol. The maximum atomic E-state index is 10.8. The predicted octanol–water partition coefficient (Wildman–Crippen LogP) is 3.44. The molecule has 2 fully saturated rings. The van der Waals surface area contributed by atoms with Crippen LogP contribution in [0.25, 0.3) is 11.0 Å². The number of aliphatic carboxylic acids is 1. The Kier molecular flexibility index (Phi) is 9.94. The number of anilines is 1. The zero-order chi connectivity index (χ0) is 27.8. The van der Waals surface area contributed by atoms with E-state index in [0.29, 0.717) is 25.0 Å². The molecule has 2 aliphatic rings. The fourth-order valence-electron chi connectivity index (χ4n) is 5.15. The Morgan fingerprint density at radius 1 is 1.10 bits per heavy atom. The highest BCUT2D eigenvalue weighted by molar-refractivity contribution is 7.83. The number of fused-ring (bicyclic) bond motifs is 1. The molecule has 2 aromatic heterocycles. The zero-order valence-corrected chi connectivity index (χ0v) is 23.1. The van der Waals surface area contributed by atoms with Gasteiger partial charge in [-0.25, -0.2) is 9.97 Å². The van der Waals surface area contributed by atoms with Crippen molar-refractivity contribution in [3.63, 3.8) is 0 Å². The first kappa shape index (κ1) is 29.0. The predicted molar refractivity (Wildman–Crippen MR) is 147 cm³/mol. The molecule has 0 unspecified atom stereocenters. The second-order valence-corrected chi connectivity index (χ2v) is 11.4. The summed E-state index contributed by atoms with van der Waals surface area (Å²) in [5.41, 5.74) is 2.00. The summed E-state index contributed by atoms with van der Waals surface area (Å²) in [6, 6.07) is 8.34. The molecule has 39 heavy (non-hydrogen) atoms. The van der Waals surface area contributed by atoms with Gasteiger partial charge in [-0.2, -0.15) is 13.1 Å². The molecule has 0 bridgehead atoms. The molecule has 0 radical (unpaired) electrons. The number of piperidine rings is 1. The van der Waals surface area contributed by atoms with Gasteiger partial charge in [0.05, 0.1) is 30.2 Å². The van der Waals surface area contributed by atoms with Gasteiger partial charge in [0.2, 0.25) is 5.95 Å². The molecule has 0 amide bonds. The lowest BCUT2D eigenvalue weighted by molar-refractivity contribution is -0.137. The van der Waals surface area contributed by atoms with Gasteiger partial charge in [0.1, 0.15) is 5.76 Å². The van der Waals surface area contributed by atoms with Crippen LogP contribution in [0.15, 0.2) is 34.9 Å².